The zero-order chi connectivity index (χ0) is 17.4. The summed E-state index contributed by atoms with van der Waals surface area (Å²) in [7, 11) is -4.47. The molecule has 1 unspecified atom stereocenters. The summed E-state index contributed by atoms with van der Waals surface area (Å²) in [6.45, 7) is 1.90. The molecule has 0 rings (SSSR count). The smallest absolute Gasteiger partial charge is 0.324 e. The van der Waals surface area contributed by atoms with Gasteiger partial charge >= 0.3 is 5.97 Å². The van der Waals surface area contributed by atoms with E-state index < -0.39 is 21.3 Å². The van der Waals surface area contributed by atoms with Gasteiger partial charge in [0.15, 0.2) is 5.25 Å². The van der Waals surface area contributed by atoms with Crippen molar-refractivity contribution in [2.75, 3.05) is 13.2 Å². The van der Waals surface area contributed by atoms with E-state index in [4.69, 9.17) is 19.9 Å². The van der Waals surface area contributed by atoms with Crippen LogP contribution in [0, 0.1) is 0 Å². The molecule has 0 heterocycles. The highest BCUT2D eigenvalue weighted by Crippen LogP contribution is 2.13. The van der Waals surface area contributed by atoms with Gasteiger partial charge in [-0.1, -0.05) is 58.3 Å². The topological polar surface area (TPSA) is 132 Å². The van der Waals surface area contributed by atoms with Crippen molar-refractivity contribution >= 4 is 16.1 Å². The summed E-state index contributed by atoms with van der Waals surface area (Å²) in [5, 5.41) is 22.3. The van der Waals surface area contributed by atoms with Gasteiger partial charge in [0.1, 0.15) is 0 Å². The van der Waals surface area contributed by atoms with Crippen LogP contribution in [0.3, 0.4) is 0 Å². The Labute approximate surface area is 133 Å². The maximum absolute atomic E-state index is 10.8. The number of carboxylic acids is 1. The minimum atomic E-state index is -4.47. The number of unbranched alkanes of at least 4 members (excludes halogenated alkanes) is 7. The van der Waals surface area contributed by atoms with Gasteiger partial charge < -0.3 is 15.3 Å². The van der Waals surface area contributed by atoms with E-state index in [-0.39, 0.29) is 19.6 Å². The molecule has 7 nitrogen and oxygen atoms in total. The predicted octanol–water partition coefficient (Wildman–Crippen LogP) is 1.83. The monoisotopic (exact) mass is 342 g/mol. The first-order valence-electron chi connectivity index (χ1n) is 7.72. The largest absolute Gasteiger partial charge is 0.480 e. The summed E-state index contributed by atoms with van der Waals surface area (Å²) in [6.07, 6.45) is 8.25. The second kappa shape index (κ2) is 15.2. The SMILES string of the molecule is CCCCCCCCCCC(C(=O)O)S(=O)(=O)O.OCCO. The molecule has 0 saturated carbocycles. The van der Waals surface area contributed by atoms with E-state index >= 15 is 0 Å². The normalized spacial score (nSPS) is 12.4. The van der Waals surface area contributed by atoms with Gasteiger partial charge in [0.2, 0.25) is 0 Å². The molecule has 1 atom stereocenters. The minimum Gasteiger partial charge on any atom is -0.480 e. The number of carboxylic acid groups (broad SMARTS) is 1. The van der Waals surface area contributed by atoms with E-state index in [1.807, 2.05) is 0 Å². The van der Waals surface area contributed by atoms with Crippen LogP contribution in [0.4, 0.5) is 0 Å². The van der Waals surface area contributed by atoms with E-state index in [1.54, 1.807) is 0 Å². The third-order valence-corrected chi connectivity index (χ3v) is 4.21. The standard InChI is InChI=1S/C12H24O5S.C2H6O2/c1-2-3-4-5-6-7-8-9-10-11(12(13)14)18(15,16)17;3-1-2-4/h11H,2-10H2,1H3,(H,13,14)(H,15,16,17);3-4H,1-2H2. The van der Waals surface area contributed by atoms with Gasteiger partial charge in [-0.25, -0.2) is 0 Å². The van der Waals surface area contributed by atoms with Crippen molar-refractivity contribution in [1.29, 1.82) is 0 Å². The van der Waals surface area contributed by atoms with Crippen LogP contribution in [0.2, 0.25) is 0 Å². The highest BCUT2D eigenvalue weighted by Gasteiger charge is 2.29. The molecule has 0 aliphatic rings. The van der Waals surface area contributed by atoms with Crippen LogP contribution in [0.25, 0.3) is 0 Å². The van der Waals surface area contributed by atoms with Gasteiger partial charge in [-0.3, -0.25) is 9.35 Å². The summed E-state index contributed by atoms with van der Waals surface area (Å²) in [5.74, 6) is -1.47. The van der Waals surface area contributed by atoms with Gasteiger partial charge in [-0.2, -0.15) is 8.42 Å². The molecule has 22 heavy (non-hydrogen) atoms. The lowest BCUT2D eigenvalue weighted by Crippen LogP contribution is -2.29. The zero-order valence-corrected chi connectivity index (χ0v) is 14.1. The predicted molar refractivity (Wildman–Crippen MR) is 84.4 cm³/mol. The Morgan fingerprint density at radius 2 is 1.32 bits per heavy atom. The lowest BCUT2D eigenvalue weighted by Gasteiger charge is -2.08. The lowest BCUT2D eigenvalue weighted by atomic mass is 10.1. The fourth-order valence-electron chi connectivity index (χ4n) is 1.86. The molecular formula is C14H30O7S. The Bertz CT molecular complexity index is 352. The number of hydrogen-bond donors (Lipinski definition) is 4. The molecule has 4 N–H and O–H groups in total. The van der Waals surface area contributed by atoms with Gasteiger partial charge in [0.25, 0.3) is 10.1 Å². The number of aliphatic hydroxyl groups excluding tert-OH is 2. The van der Waals surface area contributed by atoms with Crippen molar-refractivity contribution in [1.82, 2.24) is 0 Å². The number of carbonyl (C=O) groups is 1. The highest BCUT2D eigenvalue weighted by atomic mass is 32.2. The molecule has 0 radical (unpaired) electrons. The molecule has 0 aliphatic heterocycles. The lowest BCUT2D eigenvalue weighted by molar-refractivity contribution is -0.136. The maximum Gasteiger partial charge on any atom is 0.324 e. The molecule has 0 aliphatic carbocycles. The van der Waals surface area contributed by atoms with Gasteiger partial charge in [-0.05, 0) is 6.42 Å². The summed E-state index contributed by atoms with van der Waals surface area (Å²) in [6, 6.07) is 0. The third kappa shape index (κ3) is 15.7. The average Bonchev–Trinajstić information content (AvgIpc) is 2.44. The van der Waals surface area contributed by atoms with Crippen LogP contribution in [-0.4, -0.2) is 52.7 Å². The number of hydrogen-bond acceptors (Lipinski definition) is 5. The molecule has 0 saturated heterocycles. The van der Waals surface area contributed by atoms with Crippen molar-refractivity contribution < 1.29 is 33.1 Å². The number of rotatable bonds is 12. The van der Waals surface area contributed by atoms with Crippen LogP contribution in [0.5, 0.6) is 0 Å². The Morgan fingerprint density at radius 3 is 1.64 bits per heavy atom. The van der Waals surface area contributed by atoms with Crippen LogP contribution < -0.4 is 0 Å². The molecule has 8 heteroatoms. The molecular weight excluding hydrogens is 312 g/mol. The fourth-order valence-corrected chi connectivity index (χ4v) is 2.58. The van der Waals surface area contributed by atoms with E-state index in [9.17, 15) is 13.2 Å². The minimum absolute atomic E-state index is 0.0108. The van der Waals surface area contributed by atoms with Crippen LogP contribution >= 0.6 is 0 Å². The molecule has 0 aromatic rings. The Balaban J connectivity index is 0. The van der Waals surface area contributed by atoms with Crippen LogP contribution in [0.1, 0.15) is 64.7 Å². The summed E-state index contributed by atoms with van der Waals surface area (Å²) < 4.78 is 30.3. The summed E-state index contributed by atoms with van der Waals surface area (Å²) in [5.41, 5.74) is 0. The Morgan fingerprint density at radius 1 is 0.909 bits per heavy atom. The molecule has 0 fully saturated rings. The average molecular weight is 342 g/mol. The van der Waals surface area contributed by atoms with Gasteiger partial charge in [-0.15, -0.1) is 0 Å². The molecule has 0 aromatic carbocycles. The first-order valence-corrected chi connectivity index (χ1v) is 9.22. The van der Waals surface area contributed by atoms with Crippen molar-refractivity contribution in [3.63, 3.8) is 0 Å². The first-order chi connectivity index (χ1) is 10.3. The number of aliphatic carboxylic acids is 1. The second-order valence-electron chi connectivity index (χ2n) is 5.05. The molecule has 0 aromatic heterocycles. The molecule has 0 spiro atoms. The summed E-state index contributed by atoms with van der Waals surface area (Å²) >= 11 is 0. The van der Waals surface area contributed by atoms with E-state index in [0.717, 1.165) is 19.3 Å². The van der Waals surface area contributed by atoms with E-state index in [2.05, 4.69) is 6.92 Å². The van der Waals surface area contributed by atoms with Gasteiger partial charge in [0.05, 0.1) is 13.2 Å². The molecule has 134 valence electrons. The first kappa shape index (κ1) is 23.6. The van der Waals surface area contributed by atoms with Crippen molar-refractivity contribution in [3.8, 4) is 0 Å². The molecule has 0 amide bonds. The summed E-state index contributed by atoms with van der Waals surface area (Å²) in [4.78, 5) is 10.6. The van der Waals surface area contributed by atoms with Crippen molar-refractivity contribution in [3.05, 3.63) is 0 Å². The van der Waals surface area contributed by atoms with Crippen molar-refractivity contribution in [2.24, 2.45) is 0 Å². The van der Waals surface area contributed by atoms with E-state index in [1.165, 1.54) is 25.7 Å². The van der Waals surface area contributed by atoms with E-state index in [0.29, 0.717) is 6.42 Å². The van der Waals surface area contributed by atoms with Crippen molar-refractivity contribution in [2.45, 2.75) is 70.0 Å². The molecule has 0 bridgehead atoms. The Kier molecular flexibility index (Phi) is 16.3. The van der Waals surface area contributed by atoms with Gasteiger partial charge in [0, 0.05) is 0 Å². The highest BCUT2D eigenvalue weighted by molar-refractivity contribution is 7.87. The third-order valence-electron chi connectivity index (χ3n) is 3.05. The van der Waals surface area contributed by atoms with Crippen LogP contribution in [0.15, 0.2) is 0 Å². The number of aliphatic hydroxyl groups is 2. The fraction of sp³-hybridized carbons (Fsp3) is 0.929. The van der Waals surface area contributed by atoms with Crippen LogP contribution in [-0.2, 0) is 14.9 Å². The second-order valence-corrected chi connectivity index (χ2v) is 6.65. The zero-order valence-electron chi connectivity index (χ0n) is 13.3. The Hall–Kier alpha value is -0.700. The maximum atomic E-state index is 10.8. The quantitative estimate of drug-likeness (QED) is 0.314.